The summed E-state index contributed by atoms with van der Waals surface area (Å²) >= 11 is 0. The maximum absolute atomic E-state index is 14.1. The zero-order chi connectivity index (χ0) is 22.1. The van der Waals surface area contributed by atoms with E-state index in [-0.39, 0.29) is 18.4 Å². The Hall–Kier alpha value is -3.15. The fourth-order valence-electron chi connectivity index (χ4n) is 3.55. The van der Waals surface area contributed by atoms with Crippen LogP contribution in [0, 0.1) is 17.1 Å². The molecule has 0 radical (unpaired) electrons. The highest BCUT2D eigenvalue weighted by Gasteiger charge is 2.23. The van der Waals surface area contributed by atoms with Gasteiger partial charge in [0.05, 0.1) is 38.0 Å². The molecule has 8 heteroatoms. The first-order valence-corrected chi connectivity index (χ1v) is 10.2. The standard InChI is InChI=1S/C23H28FN5O2/c1-26-23(27-15-19-13-17(14-25)3-8-21(19)24)28-16-22(29-9-11-31-12-10-29)18-4-6-20(30-2)7-5-18/h3-8,13,22H,9-12,15-16H2,1-2H3,(H2,26,27,28). The predicted octanol–water partition coefficient (Wildman–Crippen LogP) is 2.44. The Morgan fingerprint density at radius 2 is 1.97 bits per heavy atom. The summed E-state index contributed by atoms with van der Waals surface area (Å²) in [7, 11) is 3.33. The Balaban J connectivity index is 1.66. The Kier molecular flexibility index (Phi) is 8.21. The number of nitrogens with zero attached hydrogens (tertiary/aromatic N) is 3. The molecule has 7 nitrogen and oxygen atoms in total. The molecule has 1 aliphatic rings. The van der Waals surface area contributed by atoms with Gasteiger partial charge in [-0.1, -0.05) is 12.1 Å². The van der Waals surface area contributed by atoms with Gasteiger partial charge in [0.2, 0.25) is 0 Å². The fraction of sp³-hybridized carbons (Fsp3) is 0.391. The highest BCUT2D eigenvalue weighted by atomic mass is 19.1. The van der Waals surface area contributed by atoms with Crippen molar-refractivity contribution >= 4 is 5.96 Å². The van der Waals surface area contributed by atoms with E-state index in [4.69, 9.17) is 14.7 Å². The zero-order valence-electron chi connectivity index (χ0n) is 17.9. The summed E-state index contributed by atoms with van der Waals surface area (Å²) in [6.45, 7) is 3.94. The van der Waals surface area contributed by atoms with Crippen molar-refractivity contribution < 1.29 is 13.9 Å². The van der Waals surface area contributed by atoms with E-state index in [0.717, 1.165) is 18.8 Å². The molecule has 0 bridgehead atoms. The lowest BCUT2D eigenvalue weighted by molar-refractivity contribution is 0.0170. The second-order valence-electron chi connectivity index (χ2n) is 7.16. The van der Waals surface area contributed by atoms with Crippen LogP contribution in [0.25, 0.3) is 0 Å². The molecule has 2 aromatic rings. The van der Waals surface area contributed by atoms with Crippen molar-refractivity contribution in [3.63, 3.8) is 0 Å². The number of hydrogen-bond acceptors (Lipinski definition) is 5. The van der Waals surface area contributed by atoms with Crippen LogP contribution in [0.15, 0.2) is 47.5 Å². The normalized spacial score (nSPS) is 15.7. The number of halogens is 1. The molecular weight excluding hydrogens is 397 g/mol. The van der Waals surface area contributed by atoms with Gasteiger partial charge in [-0.05, 0) is 35.9 Å². The SMILES string of the molecule is CN=C(NCc1cc(C#N)ccc1F)NCC(c1ccc(OC)cc1)N1CCOCC1. The number of ether oxygens (including phenoxy) is 2. The lowest BCUT2D eigenvalue weighted by Crippen LogP contribution is -2.46. The largest absolute Gasteiger partial charge is 0.497 e. The molecule has 0 spiro atoms. The summed E-state index contributed by atoms with van der Waals surface area (Å²) in [6, 6.07) is 14.5. The van der Waals surface area contributed by atoms with Crippen molar-refractivity contribution in [2.45, 2.75) is 12.6 Å². The summed E-state index contributed by atoms with van der Waals surface area (Å²) in [5, 5.41) is 15.5. The van der Waals surface area contributed by atoms with E-state index < -0.39 is 0 Å². The van der Waals surface area contributed by atoms with Gasteiger partial charge in [0.15, 0.2) is 5.96 Å². The Labute approximate surface area is 182 Å². The molecule has 31 heavy (non-hydrogen) atoms. The van der Waals surface area contributed by atoms with Crippen LogP contribution in [0.2, 0.25) is 0 Å². The van der Waals surface area contributed by atoms with Crippen molar-refractivity contribution in [3.05, 3.63) is 65.0 Å². The summed E-state index contributed by atoms with van der Waals surface area (Å²) in [5.74, 6) is 1.02. The maximum Gasteiger partial charge on any atom is 0.191 e. The zero-order valence-corrected chi connectivity index (χ0v) is 17.9. The Morgan fingerprint density at radius 3 is 2.61 bits per heavy atom. The molecule has 3 rings (SSSR count). The minimum Gasteiger partial charge on any atom is -0.497 e. The van der Waals surface area contributed by atoms with Crippen LogP contribution in [0.1, 0.15) is 22.7 Å². The van der Waals surface area contributed by atoms with Crippen LogP contribution < -0.4 is 15.4 Å². The molecule has 1 fully saturated rings. The van der Waals surface area contributed by atoms with Gasteiger partial charge < -0.3 is 20.1 Å². The number of benzene rings is 2. The second kappa shape index (κ2) is 11.3. The minimum absolute atomic E-state index is 0.118. The van der Waals surface area contributed by atoms with Gasteiger partial charge >= 0.3 is 0 Å². The lowest BCUT2D eigenvalue weighted by Gasteiger charge is -2.35. The number of morpholine rings is 1. The summed E-state index contributed by atoms with van der Waals surface area (Å²) in [4.78, 5) is 6.63. The van der Waals surface area contributed by atoms with Crippen molar-refractivity contribution in [1.82, 2.24) is 15.5 Å². The first-order chi connectivity index (χ1) is 15.1. The monoisotopic (exact) mass is 425 g/mol. The van der Waals surface area contributed by atoms with Gasteiger partial charge in [-0.25, -0.2) is 4.39 Å². The van der Waals surface area contributed by atoms with E-state index in [0.29, 0.717) is 36.8 Å². The molecule has 1 heterocycles. The van der Waals surface area contributed by atoms with Gasteiger partial charge in [0.25, 0.3) is 0 Å². The number of hydrogen-bond donors (Lipinski definition) is 2. The molecular formula is C23H28FN5O2. The van der Waals surface area contributed by atoms with Crippen molar-refractivity contribution in [3.8, 4) is 11.8 Å². The van der Waals surface area contributed by atoms with Gasteiger partial charge in [-0.2, -0.15) is 5.26 Å². The van der Waals surface area contributed by atoms with E-state index in [1.165, 1.54) is 17.7 Å². The molecule has 2 aromatic carbocycles. The number of guanidine groups is 1. The van der Waals surface area contributed by atoms with Gasteiger partial charge in [0.1, 0.15) is 11.6 Å². The average molecular weight is 426 g/mol. The average Bonchev–Trinajstić information content (AvgIpc) is 2.83. The molecule has 2 N–H and O–H groups in total. The highest BCUT2D eigenvalue weighted by molar-refractivity contribution is 5.79. The van der Waals surface area contributed by atoms with Crippen molar-refractivity contribution in [2.24, 2.45) is 4.99 Å². The topological polar surface area (TPSA) is 81.9 Å². The first-order valence-electron chi connectivity index (χ1n) is 10.2. The molecule has 1 unspecified atom stereocenters. The molecule has 0 aromatic heterocycles. The maximum atomic E-state index is 14.1. The fourth-order valence-corrected chi connectivity index (χ4v) is 3.55. The summed E-state index contributed by atoms with van der Waals surface area (Å²) in [6.07, 6.45) is 0. The van der Waals surface area contributed by atoms with Crippen molar-refractivity contribution in [1.29, 1.82) is 5.26 Å². The van der Waals surface area contributed by atoms with Crippen LogP contribution in [0.3, 0.4) is 0 Å². The van der Waals surface area contributed by atoms with Crippen LogP contribution in [0.4, 0.5) is 4.39 Å². The number of aliphatic imine (C=N–C) groups is 1. The van der Waals surface area contributed by atoms with Crippen LogP contribution in [0.5, 0.6) is 5.75 Å². The van der Waals surface area contributed by atoms with Crippen molar-refractivity contribution in [2.75, 3.05) is 47.0 Å². The molecule has 1 aliphatic heterocycles. The lowest BCUT2D eigenvalue weighted by atomic mass is 10.0. The smallest absolute Gasteiger partial charge is 0.191 e. The minimum atomic E-state index is -0.355. The quantitative estimate of drug-likeness (QED) is 0.524. The molecule has 0 amide bonds. The van der Waals surface area contributed by atoms with Crippen LogP contribution >= 0.6 is 0 Å². The molecule has 1 saturated heterocycles. The molecule has 0 saturated carbocycles. The number of methoxy groups -OCH3 is 1. The van der Waals surface area contributed by atoms with Crippen LogP contribution in [-0.2, 0) is 11.3 Å². The van der Waals surface area contributed by atoms with E-state index in [9.17, 15) is 4.39 Å². The number of nitriles is 1. The third-order valence-electron chi connectivity index (χ3n) is 5.29. The Morgan fingerprint density at radius 1 is 1.23 bits per heavy atom. The van der Waals surface area contributed by atoms with E-state index in [2.05, 4.69) is 32.7 Å². The highest BCUT2D eigenvalue weighted by Crippen LogP contribution is 2.23. The van der Waals surface area contributed by atoms with E-state index in [1.54, 1.807) is 20.2 Å². The van der Waals surface area contributed by atoms with E-state index in [1.807, 2.05) is 18.2 Å². The van der Waals surface area contributed by atoms with Gasteiger partial charge in [0, 0.05) is 38.8 Å². The van der Waals surface area contributed by atoms with Gasteiger partial charge in [-0.15, -0.1) is 0 Å². The second-order valence-corrected chi connectivity index (χ2v) is 7.16. The third-order valence-corrected chi connectivity index (χ3v) is 5.29. The van der Waals surface area contributed by atoms with Gasteiger partial charge in [-0.3, -0.25) is 9.89 Å². The Bertz CT molecular complexity index is 921. The summed E-state index contributed by atoms with van der Waals surface area (Å²) in [5.41, 5.74) is 2.01. The number of nitrogens with one attached hydrogen (secondary N) is 2. The van der Waals surface area contributed by atoms with E-state index >= 15 is 0 Å². The number of rotatable bonds is 7. The molecule has 164 valence electrons. The molecule has 1 atom stereocenters. The van der Waals surface area contributed by atoms with Crippen LogP contribution in [-0.4, -0.2) is 57.9 Å². The first kappa shape index (κ1) is 22.5. The third kappa shape index (κ3) is 6.17. The predicted molar refractivity (Wildman–Crippen MR) is 117 cm³/mol. The summed E-state index contributed by atoms with van der Waals surface area (Å²) < 4.78 is 24.9. The molecule has 0 aliphatic carbocycles.